The van der Waals surface area contributed by atoms with Gasteiger partial charge in [-0.15, -0.1) is 0 Å². The molecule has 0 aliphatic carbocycles. The molecule has 0 saturated carbocycles. The smallest absolute Gasteiger partial charge is 0.264 e. The minimum atomic E-state index is -0.185. The maximum Gasteiger partial charge on any atom is 0.264 e. The summed E-state index contributed by atoms with van der Waals surface area (Å²) in [4.78, 5) is 17.5. The quantitative estimate of drug-likeness (QED) is 0.443. The van der Waals surface area contributed by atoms with Gasteiger partial charge >= 0.3 is 0 Å². The van der Waals surface area contributed by atoms with E-state index in [2.05, 4.69) is 39.7 Å². The molecular weight excluding hydrogens is 452 g/mol. The van der Waals surface area contributed by atoms with Crippen LogP contribution in [0.2, 0.25) is 0 Å². The molecule has 1 saturated heterocycles. The van der Waals surface area contributed by atoms with Gasteiger partial charge in [-0.05, 0) is 72.6 Å². The van der Waals surface area contributed by atoms with E-state index < -0.39 is 0 Å². The van der Waals surface area contributed by atoms with E-state index in [1.165, 1.54) is 17.3 Å². The number of amides is 1. The van der Waals surface area contributed by atoms with Gasteiger partial charge in [0.2, 0.25) is 0 Å². The predicted molar refractivity (Wildman–Crippen MR) is 123 cm³/mol. The molecule has 0 bridgehead atoms. The summed E-state index contributed by atoms with van der Waals surface area (Å²) in [6, 6.07) is 9.60. The second-order valence-corrected chi connectivity index (χ2v) is 8.26. The van der Waals surface area contributed by atoms with Crippen molar-refractivity contribution in [2.75, 3.05) is 13.7 Å². The van der Waals surface area contributed by atoms with Gasteiger partial charge in [-0.1, -0.05) is 34.7 Å². The van der Waals surface area contributed by atoms with E-state index in [9.17, 15) is 4.79 Å². The summed E-state index contributed by atoms with van der Waals surface area (Å²) in [6.45, 7) is 8.12. The van der Waals surface area contributed by atoms with Gasteiger partial charge in [0, 0.05) is 4.47 Å². The second-order valence-electron chi connectivity index (χ2n) is 6.37. The van der Waals surface area contributed by atoms with Crippen LogP contribution in [0, 0.1) is 13.8 Å². The third kappa shape index (κ3) is 5.10. The van der Waals surface area contributed by atoms with E-state index in [0.29, 0.717) is 28.2 Å². The van der Waals surface area contributed by atoms with Gasteiger partial charge in [-0.2, -0.15) is 0 Å². The fraction of sp³-hybridized carbons (Fsp3) is 0.182. The van der Waals surface area contributed by atoms with Gasteiger partial charge in [0.05, 0.1) is 17.7 Å². The minimum absolute atomic E-state index is 0.185. The molecule has 0 atom stereocenters. The number of hydrogen-bond donors (Lipinski definition) is 1. The number of aryl methyl sites for hydroxylation is 2. The Morgan fingerprint density at radius 3 is 2.69 bits per heavy atom. The van der Waals surface area contributed by atoms with Crippen molar-refractivity contribution in [2.45, 2.75) is 13.8 Å². The van der Waals surface area contributed by atoms with Crippen LogP contribution < -0.4 is 14.8 Å². The fourth-order valence-corrected chi connectivity index (χ4v) is 3.89. The molecule has 0 unspecified atom stereocenters. The summed E-state index contributed by atoms with van der Waals surface area (Å²) in [5.74, 6) is 0.992. The number of hydrogen-bond acceptors (Lipinski definition) is 5. The number of carbonyl (C=O) groups is 1. The average Bonchev–Trinajstić information content (AvgIpc) is 3.03. The summed E-state index contributed by atoms with van der Waals surface area (Å²) >= 11 is 4.84. The van der Waals surface area contributed by atoms with Crippen LogP contribution in [0.3, 0.4) is 0 Å². The third-order valence-corrected chi connectivity index (χ3v) is 5.89. The fourth-order valence-electron chi connectivity index (χ4n) is 2.62. The molecule has 1 fully saturated rings. The van der Waals surface area contributed by atoms with Gasteiger partial charge in [0.1, 0.15) is 6.61 Å². The number of thioether (sulfide) groups is 1. The molecule has 0 spiro atoms. The SMILES string of the molecule is C=CCOc1cc(Br)c(C=C2SC(=Nc3ccc(C)c(C)c3)NC2=O)cc1OC. The highest BCUT2D eigenvalue weighted by Crippen LogP contribution is 2.36. The molecular formula is C22H21BrN2O3S. The summed E-state index contributed by atoms with van der Waals surface area (Å²) in [5.41, 5.74) is 3.98. The lowest BCUT2D eigenvalue weighted by atomic mass is 10.1. The zero-order valence-electron chi connectivity index (χ0n) is 16.4. The Kier molecular flexibility index (Phi) is 6.82. The minimum Gasteiger partial charge on any atom is -0.493 e. The number of methoxy groups -OCH3 is 1. The Morgan fingerprint density at radius 1 is 1.21 bits per heavy atom. The van der Waals surface area contributed by atoms with Crippen LogP contribution in [0.5, 0.6) is 11.5 Å². The number of rotatable bonds is 6. The lowest BCUT2D eigenvalue weighted by Crippen LogP contribution is -2.19. The molecule has 1 aliphatic heterocycles. The van der Waals surface area contributed by atoms with Crippen molar-refractivity contribution in [2.24, 2.45) is 4.99 Å². The number of halogens is 1. The molecule has 3 rings (SSSR count). The molecule has 1 heterocycles. The van der Waals surface area contributed by atoms with Crippen LogP contribution in [-0.2, 0) is 4.79 Å². The highest BCUT2D eigenvalue weighted by Gasteiger charge is 2.24. The standard InChI is InChI=1S/C22H21BrN2O3S/c1-5-8-28-19-12-17(23)15(10-18(19)27-4)11-20-21(26)25-22(29-20)24-16-7-6-13(2)14(3)9-16/h5-7,9-12H,1,8H2,2-4H3,(H,24,25,26). The zero-order valence-corrected chi connectivity index (χ0v) is 18.8. The van der Waals surface area contributed by atoms with Crippen LogP contribution in [0.4, 0.5) is 5.69 Å². The van der Waals surface area contributed by atoms with Crippen LogP contribution in [0.15, 0.2) is 57.4 Å². The molecule has 1 N–H and O–H groups in total. The van der Waals surface area contributed by atoms with E-state index in [1.807, 2.05) is 37.3 Å². The van der Waals surface area contributed by atoms with Crippen LogP contribution in [0.25, 0.3) is 6.08 Å². The first-order valence-corrected chi connectivity index (χ1v) is 10.5. The molecule has 7 heteroatoms. The van der Waals surface area contributed by atoms with Crippen molar-refractivity contribution in [3.05, 3.63) is 69.1 Å². The molecule has 5 nitrogen and oxygen atoms in total. The molecule has 1 amide bonds. The molecule has 0 radical (unpaired) electrons. The van der Waals surface area contributed by atoms with Crippen molar-refractivity contribution in [1.29, 1.82) is 0 Å². The summed E-state index contributed by atoms with van der Waals surface area (Å²) in [5, 5.41) is 3.37. The van der Waals surface area contributed by atoms with E-state index >= 15 is 0 Å². The van der Waals surface area contributed by atoms with Crippen LogP contribution in [-0.4, -0.2) is 24.8 Å². The number of nitrogens with one attached hydrogen (secondary N) is 1. The lowest BCUT2D eigenvalue weighted by Gasteiger charge is -2.11. The van der Waals surface area contributed by atoms with Crippen LogP contribution >= 0.6 is 27.7 Å². The first kappa shape index (κ1) is 21.2. The molecule has 2 aromatic carbocycles. The number of ether oxygens (including phenoxy) is 2. The lowest BCUT2D eigenvalue weighted by molar-refractivity contribution is -0.115. The zero-order chi connectivity index (χ0) is 21.0. The maximum atomic E-state index is 12.4. The molecule has 150 valence electrons. The van der Waals surface area contributed by atoms with E-state index in [1.54, 1.807) is 19.3 Å². The Labute approximate surface area is 183 Å². The number of aliphatic imine (C=N–C) groups is 1. The Morgan fingerprint density at radius 2 is 2.00 bits per heavy atom. The van der Waals surface area contributed by atoms with Gasteiger partial charge in [0.15, 0.2) is 16.7 Å². The monoisotopic (exact) mass is 472 g/mol. The molecule has 29 heavy (non-hydrogen) atoms. The molecule has 1 aliphatic rings. The van der Waals surface area contributed by atoms with E-state index in [0.717, 1.165) is 21.3 Å². The largest absolute Gasteiger partial charge is 0.493 e. The van der Waals surface area contributed by atoms with E-state index in [4.69, 9.17) is 9.47 Å². The summed E-state index contributed by atoms with van der Waals surface area (Å²) < 4.78 is 11.8. The van der Waals surface area contributed by atoms with Gasteiger partial charge < -0.3 is 14.8 Å². The van der Waals surface area contributed by atoms with Crippen molar-refractivity contribution in [1.82, 2.24) is 5.32 Å². The predicted octanol–water partition coefficient (Wildman–Crippen LogP) is 5.53. The average molecular weight is 473 g/mol. The summed E-state index contributed by atoms with van der Waals surface area (Å²) in [7, 11) is 1.58. The summed E-state index contributed by atoms with van der Waals surface area (Å²) in [6.07, 6.45) is 3.46. The highest BCUT2D eigenvalue weighted by atomic mass is 79.9. The van der Waals surface area contributed by atoms with Gasteiger partial charge in [0.25, 0.3) is 5.91 Å². The van der Waals surface area contributed by atoms with Crippen molar-refractivity contribution < 1.29 is 14.3 Å². The van der Waals surface area contributed by atoms with Crippen molar-refractivity contribution in [3.8, 4) is 11.5 Å². The van der Waals surface area contributed by atoms with Crippen molar-refractivity contribution >= 4 is 50.5 Å². The first-order chi connectivity index (χ1) is 13.9. The Bertz CT molecular complexity index is 1030. The Balaban J connectivity index is 1.87. The van der Waals surface area contributed by atoms with Crippen LogP contribution in [0.1, 0.15) is 16.7 Å². The van der Waals surface area contributed by atoms with Crippen molar-refractivity contribution in [3.63, 3.8) is 0 Å². The number of benzene rings is 2. The maximum absolute atomic E-state index is 12.4. The Hall–Kier alpha value is -2.51. The first-order valence-electron chi connectivity index (χ1n) is 8.89. The topological polar surface area (TPSA) is 59.9 Å². The number of amidine groups is 1. The highest BCUT2D eigenvalue weighted by molar-refractivity contribution is 9.10. The number of nitrogens with zero attached hydrogens (tertiary/aromatic N) is 1. The molecule has 0 aromatic heterocycles. The normalized spacial score (nSPS) is 16.2. The number of carbonyl (C=O) groups excluding carboxylic acids is 1. The molecule has 2 aromatic rings. The third-order valence-electron chi connectivity index (χ3n) is 4.30. The van der Waals surface area contributed by atoms with Gasteiger partial charge in [-0.25, -0.2) is 4.99 Å². The second kappa shape index (κ2) is 9.33. The van der Waals surface area contributed by atoms with E-state index in [-0.39, 0.29) is 5.91 Å². The van der Waals surface area contributed by atoms with Gasteiger partial charge in [-0.3, -0.25) is 4.79 Å².